The number of rotatable bonds is 2. The van der Waals surface area contributed by atoms with Crippen LogP contribution in [0, 0.1) is 0 Å². The fraction of sp³-hybridized carbons (Fsp3) is 0.136. The lowest BCUT2D eigenvalue weighted by Gasteiger charge is -2.33. The Morgan fingerprint density at radius 2 is 1.27 bits per heavy atom. The summed E-state index contributed by atoms with van der Waals surface area (Å²) in [7, 11) is 1.14. The maximum Gasteiger partial charge on any atom is 0.513 e. The molecule has 1 aliphatic rings. The lowest BCUT2D eigenvalue weighted by atomic mass is 10.1. The molecule has 4 rings (SSSR count). The first-order chi connectivity index (χ1) is 15.5. The quantitative estimate of drug-likeness (QED) is 0.165. The summed E-state index contributed by atoms with van der Waals surface area (Å²) in [4.78, 5) is 13.1. The fourth-order valence-corrected chi connectivity index (χ4v) is 4.38. The normalized spacial score (nSPS) is 13.2. The van der Waals surface area contributed by atoms with Gasteiger partial charge in [0.1, 0.15) is 5.75 Å². The molecule has 33 heavy (non-hydrogen) atoms. The van der Waals surface area contributed by atoms with E-state index in [2.05, 4.69) is 4.74 Å². The Hall–Kier alpha value is -3.34. The highest BCUT2D eigenvalue weighted by Gasteiger charge is 2.35. The first kappa shape index (κ1) is 22.8. The van der Waals surface area contributed by atoms with Gasteiger partial charge in [0.15, 0.2) is 0 Å². The number of hydrogen-bond acceptors (Lipinski definition) is 5. The molecule has 1 heterocycles. The fourth-order valence-electron chi connectivity index (χ4n) is 3.24. The molecule has 4 nitrogen and oxygen atoms in total. The molecule has 0 N–H and O–H groups in total. The van der Waals surface area contributed by atoms with Gasteiger partial charge in [-0.25, -0.2) is 4.79 Å². The minimum absolute atomic E-state index is 0.145. The van der Waals surface area contributed by atoms with Crippen molar-refractivity contribution in [3.8, 4) is 5.75 Å². The summed E-state index contributed by atoms with van der Waals surface area (Å²) in [6.07, 6.45) is -10.2. The third-order valence-electron chi connectivity index (χ3n) is 4.74. The van der Waals surface area contributed by atoms with Crippen LogP contribution in [0.15, 0.2) is 70.5 Å². The van der Waals surface area contributed by atoms with Crippen LogP contribution in [0.2, 0.25) is 0 Å². The molecule has 0 fully saturated rings. The van der Waals surface area contributed by atoms with E-state index in [1.54, 1.807) is 4.90 Å². The van der Waals surface area contributed by atoms with Crippen molar-refractivity contribution in [2.75, 3.05) is 12.0 Å². The van der Waals surface area contributed by atoms with Gasteiger partial charge in [0, 0.05) is 15.5 Å². The summed E-state index contributed by atoms with van der Waals surface area (Å²) in [6, 6.07) is 12.1. The number of alkyl halides is 6. The van der Waals surface area contributed by atoms with Crippen LogP contribution in [-0.4, -0.2) is 13.3 Å². The van der Waals surface area contributed by atoms with Gasteiger partial charge < -0.3 is 14.4 Å². The number of carbonyl (C=O) groups excluding carboxylic acids is 1. The summed E-state index contributed by atoms with van der Waals surface area (Å²) >= 11 is 0.828. The number of fused-ring (bicyclic) bond motifs is 2. The standard InChI is InChI=1S/C22H13F6NO3S/c1-31-20(30)32-15-6-4-14(5-7-15)29-16-8-2-12(21(23,24)25)10-18(16)33-19-11-13(22(26,27)28)3-9-17(19)29/h2-11H,1H3. The number of halogens is 6. The van der Waals surface area contributed by atoms with Crippen molar-refractivity contribution in [3.05, 3.63) is 71.8 Å². The van der Waals surface area contributed by atoms with Crippen LogP contribution in [-0.2, 0) is 17.1 Å². The van der Waals surface area contributed by atoms with Gasteiger partial charge in [-0.3, -0.25) is 0 Å². The van der Waals surface area contributed by atoms with Crippen LogP contribution in [0.3, 0.4) is 0 Å². The number of anilines is 3. The Morgan fingerprint density at radius 3 is 1.70 bits per heavy atom. The Labute approximate surface area is 187 Å². The number of carbonyl (C=O) groups is 1. The van der Waals surface area contributed by atoms with Crippen LogP contribution < -0.4 is 9.64 Å². The summed E-state index contributed by atoms with van der Waals surface area (Å²) in [6.45, 7) is 0. The zero-order chi connectivity index (χ0) is 24.0. The zero-order valence-electron chi connectivity index (χ0n) is 16.6. The van der Waals surface area contributed by atoms with Gasteiger partial charge in [0.05, 0.1) is 29.6 Å². The molecular formula is C22H13F6NO3S. The van der Waals surface area contributed by atoms with Crippen molar-refractivity contribution in [2.24, 2.45) is 0 Å². The van der Waals surface area contributed by atoms with Gasteiger partial charge >= 0.3 is 18.5 Å². The van der Waals surface area contributed by atoms with E-state index in [1.165, 1.54) is 36.4 Å². The third-order valence-corrected chi connectivity index (χ3v) is 5.83. The van der Waals surface area contributed by atoms with Crippen molar-refractivity contribution < 1.29 is 40.6 Å². The van der Waals surface area contributed by atoms with E-state index in [-0.39, 0.29) is 15.5 Å². The molecule has 1 aliphatic heterocycles. The molecule has 0 radical (unpaired) electrons. The molecular weight excluding hydrogens is 472 g/mol. The summed E-state index contributed by atoms with van der Waals surface area (Å²) < 4.78 is 88.8. The minimum atomic E-state index is -4.61. The Balaban J connectivity index is 1.83. The number of benzene rings is 3. The van der Waals surface area contributed by atoms with Crippen molar-refractivity contribution in [1.82, 2.24) is 0 Å². The van der Waals surface area contributed by atoms with E-state index in [9.17, 15) is 31.1 Å². The topological polar surface area (TPSA) is 38.8 Å². The van der Waals surface area contributed by atoms with Gasteiger partial charge in [0.2, 0.25) is 0 Å². The molecule has 0 amide bonds. The maximum absolute atomic E-state index is 13.2. The van der Waals surface area contributed by atoms with Crippen LogP contribution in [0.25, 0.3) is 0 Å². The van der Waals surface area contributed by atoms with Crippen LogP contribution in [0.1, 0.15) is 11.1 Å². The average molecular weight is 485 g/mol. The number of hydrogen-bond donors (Lipinski definition) is 0. The second kappa shape index (κ2) is 8.22. The van der Waals surface area contributed by atoms with E-state index in [4.69, 9.17) is 4.74 Å². The average Bonchev–Trinajstić information content (AvgIpc) is 2.76. The summed E-state index contributed by atoms with van der Waals surface area (Å²) in [5, 5.41) is 0. The van der Waals surface area contributed by atoms with Gasteiger partial charge in [-0.1, -0.05) is 11.8 Å². The van der Waals surface area contributed by atoms with Gasteiger partial charge in [-0.15, -0.1) is 0 Å². The second-order valence-electron chi connectivity index (χ2n) is 6.85. The zero-order valence-corrected chi connectivity index (χ0v) is 17.4. The molecule has 0 aliphatic carbocycles. The lowest BCUT2D eigenvalue weighted by molar-refractivity contribution is -0.138. The molecule has 0 saturated carbocycles. The number of ether oxygens (including phenoxy) is 2. The van der Waals surface area contributed by atoms with Gasteiger partial charge in [0.25, 0.3) is 0 Å². The van der Waals surface area contributed by atoms with Gasteiger partial charge in [-0.05, 0) is 60.7 Å². The summed E-state index contributed by atoms with van der Waals surface area (Å²) in [5.41, 5.74) is -0.657. The number of methoxy groups -OCH3 is 1. The van der Waals surface area contributed by atoms with Crippen molar-refractivity contribution >= 4 is 35.0 Å². The molecule has 172 valence electrons. The molecule has 3 aromatic rings. The molecule has 0 atom stereocenters. The monoisotopic (exact) mass is 485 g/mol. The number of nitrogens with zero attached hydrogens (tertiary/aromatic N) is 1. The Kier molecular flexibility index (Phi) is 5.69. The molecule has 11 heteroatoms. The highest BCUT2D eigenvalue weighted by atomic mass is 32.2. The van der Waals surface area contributed by atoms with Crippen LogP contribution in [0.5, 0.6) is 5.75 Å². The van der Waals surface area contributed by atoms with Crippen molar-refractivity contribution in [2.45, 2.75) is 22.1 Å². The third kappa shape index (κ3) is 4.58. The van der Waals surface area contributed by atoms with Crippen molar-refractivity contribution in [1.29, 1.82) is 0 Å². The summed E-state index contributed by atoms with van der Waals surface area (Å²) in [5.74, 6) is 0.150. The molecule has 0 aromatic heterocycles. The SMILES string of the molecule is COC(=O)Oc1ccc(N2c3ccc(C(F)(F)F)cc3Sc3cc(C(F)(F)F)ccc32)cc1. The highest BCUT2D eigenvalue weighted by Crippen LogP contribution is 2.53. The highest BCUT2D eigenvalue weighted by molar-refractivity contribution is 7.99. The predicted molar refractivity (Wildman–Crippen MR) is 108 cm³/mol. The predicted octanol–water partition coefficient (Wildman–Crippen LogP) is 7.80. The molecule has 0 saturated heterocycles. The smallest absolute Gasteiger partial charge is 0.437 e. The largest absolute Gasteiger partial charge is 0.513 e. The molecule has 0 unspecified atom stereocenters. The lowest BCUT2D eigenvalue weighted by Crippen LogP contribution is -2.17. The second-order valence-corrected chi connectivity index (χ2v) is 7.93. The molecule has 0 spiro atoms. The van der Waals surface area contributed by atoms with E-state index in [0.29, 0.717) is 17.1 Å². The van der Waals surface area contributed by atoms with E-state index in [0.717, 1.165) is 43.1 Å². The molecule has 0 bridgehead atoms. The van der Waals surface area contributed by atoms with E-state index < -0.39 is 29.6 Å². The Morgan fingerprint density at radius 1 is 0.788 bits per heavy atom. The van der Waals surface area contributed by atoms with Crippen LogP contribution in [0.4, 0.5) is 48.2 Å². The van der Waals surface area contributed by atoms with Crippen LogP contribution >= 0.6 is 11.8 Å². The maximum atomic E-state index is 13.2. The van der Waals surface area contributed by atoms with E-state index >= 15 is 0 Å². The van der Waals surface area contributed by atoms with Gasteiger partial charge in [-0.2, -0.15) is 26.3 Å². The molecule has 3 aromatic carbocycles. The first-order valence-electron chi connectivity index (χ1n) is 9.24. The van der Waals surface area contributed by atoms with E-state index in [1.807, 2.05) is 0 Å². The van der Waals surface area contributed by atoms with Crippen molar-refractivity contribution in [3.63, 3.8) is 0 Å². The first-order valence-corrected chi connectivity index (χ1v) is 10.1. The minimum Gasteiger partial charge on any atom is -0.437 e. The Bertz CT molecular complexity index is 1140.